The van der Waals surface area contributed by atoms with E-state index in [0.29, 0.717) is 17.0 Å². The molecule has 0 amide bonds. The first-order valence-corrected chi connectivity index (χ1v) is 5.56. The van der Waals surface area contributed by atoms with E-state index in [1.807, 2.05) is 0 Å². The van der Waals surface area contributed by atoms with Gasteiger partial charge in [0.2, 0.25) is 0 Å². The van der Waals surface area contributed by atoms with E-state index in [2.05, 4.69) is 5.10 Å². The summed E-state index contributed by atoms with van der Waals surface area (Å²) in [6, 6.07) is 4.43. The highest BCUT2D eigenvalue weighted by atomic mass is 19.1. The quantitative estimate of drug-likeness (QED) is 0.923. The summed E-state index contributed by atoms with van der Waals surface area (Å²) in [4.78, 5) is 10.9. The fourth-order valence-electron chi connectivity index (χ4n) is 1.86. The number of aryl methyl sites for hydroxylation is 2. The maximum atomic E-state index is 14.1. The zero-order chi connectivity index (χ0) is 14.2. The minimum Gasteiger partial charge on any atom is -0.497 e. The van der Waals surface area contributed by atoms with Crippen LogP contribution in [0.5, 0.6) is 5.75 Å². The molecule has 0 bridgehead atoms. The Morgan fingerprint density at radius 3 is 2.63 bits per heavy atom. The smallest absolute Gasteiger partial charge is 0.356 e. The van der Waals surface area contributed by atoms with E-state index < -0.39 is 11.8 Å². The Morgan fingerprint density at radius 1 is 1.42 bits per heavy atom. The highest BCUT2D eigenvalue weighted by molar-refractivity contribution is 5.87. The van der Waals surface area contributed by atoms with E-state index >= 15 is 0 Å². The van der Waals surface area contributed by atoms with Crippen LogP contribution in [0.15, 0.2) is 18.2 Å². The van der Waals surface area contributed by atoms with Crippen molar-refractivity contribution in [2.24, 2.45) is 7.05 Å². The van der Waals surface area contributed by atoms with Gasteiger partial charge in [0.1, 0.15) is 11.6 Å². The fraction of sp³-hybridized carbons (Fsp3) is 0.231. The van der Waals surface area contributed by atoms with Crippen LogP contribution in [0.4, 0.5) is 4.39 Å². The highest BCUT2D eigenvalue weighted by Gasteiger charge is 2.17. The van der Waals surface area contributed by atoms with Crippen LogP contribution in [0.25, 0.3) is 11.3 Å². The molecule has 0 radical (unpaired) electrons. The lowest BCUT2D eigenvalue weighted by molar-refractivity contribution is 0.0689. The number of carbonyl (C=O) groups is 1. The summed E-state index contributed by atoms with van der Waals surface area (Å²) in [5, 5.41) is 12.7. The molecule has 19 heavy (non-hydrogen) atoms. The molecule has 0 saturated heterocycles. The first-order chi connectivity index (χ1) is 8.93. The topological polar surface area (TPSA) is 64.3 Å². The molecular weight excluding hydrogens is 251 g/mol. The highest BCUT2D eigenvalue weighted by Crippen LogP contribution is 2.29. The van der Waals surface area contributed by atoms with Gasteiger partial charge in [0, 0.05) is 12.6 Å². The summed E-state index contributed by atoms with van der Waals surface area (Å²) in [6.45, 7) is 1.62. The maximum absolute atomic E-state index is 14.1. The van der Waals surface area contributed by atoms with Gasteiger partial charge in [-0.05, 0) is 30.7 Å². The number of benzene rings is 1. The van der Waals surface area contributed by atoms with Gasteiger partial charge >= 0.3 is 5.97 Å². The SMILES string of the molecule is COc1cc(C)c(F)c(-c2cc(C(=O)O)nn2C)c1. The number of rotatable bonds is 3. The van der Waals surface area contributed by atoms with Crippen molar-refractivity contribution in [2.45, 2.75) is 6.92 Å². The number of carboxylic acids is 1. The molecule has 6 heteroatoms. The predicted molar refractivity (Wildman–Crippen MR) is 66.9 cm³/mol. The van der Waals surface area contributed by atoms with Gasteiger partial charge in [-0.15, -0.1) is 0 Å². The van der Waals surface area contributed by atoms with Gasteiger partial charge in [-0.3, -0.25) is 4.68 Å². The van der Waals surface area contributed by atoms with Crippen molar-refractivity contribution in [1.82, 2.24) is 9.78 Å². The van der Waals surface area contributed by atoms with Gasteiger partial charge in [0.15, 0.2) is 5.69 Å². The molecule has 0 aliphatic rings. The number of nitrogens with zero attached hydrogens (tertiary/aromatic N) is 2. The Labute approximate surface area is 109 Å². The van der Waals surface area contributed by atoms with Crippen LogP contribution < -0.4 is 4.74 Å². The number of halogens is 1. The molecule has 0 fully saturated rings. The summed E-state index contributed by atoms with van der Waals surface area (Å²) < 4.78 is 20.6. The Kier molecular flexibility index (Phi) is 3.25. The number of hydrogen-bond donors (Lipinski definition) is 1. The molecule has 1 aromatic carbocycles. The van der Waals surface area contributed by atoms with Crippen LogP contribution in [0.3, 0.4) is 0 Å². The van der Waals surface area contributed by atoms with Crippen LogP contribution >= 0.6 is 0 Å². The average Bonchev–Trinajstić information content (AvgIpc) is 2.75. The Hall–Kier alpha value is -2.37. The van der Waals surface area contributed by atoms with E-state index in [1.54, 1.807) is 20.0 Å². The third kappa shape index (κ3) is 2.29. The molecule has 2 rings (SSSR count). The van der Waals surface area contributed by atoms with Gasteiger partial charge in [0.05, 0.1) is 12.8 Å². The molecule has 5 nitrogen and oxygen atoms in total. The molecule has 0 aliphatic heterocycles. The number of ether oxygens (including phenoxy) is 1. The van der Waals surface area contributed by atoms with Crippen molar-refractivity contribution in [2.75, 3.05) is 7.11 Å². The predicted octanol–water partition coefficient (Wildman–Crippen LogP) is 2.24. The molecule has 0 spiro atoms. The van der Waals surface area contributed by atoms with E-state index in [1.165, 1.54) is 23.9 Å². The van der Waals surface area contributed by atoms with Crippen molar-refractivity contribution in [3.63, 3.8) is 0 Å². The minimum atomic E-state index is -1.15. The molecule has 1 N–H and O–H groups in total. The van der Waals surface area contributed by atoms with Crippen LogP contribution in [0.2, 0.25) is 0 Å². The third-order valence-corrected chi connectivity index (χ3v) is 2.84. The van der Waals surface area contributed by atoms with Crippen LogP contribution in [0.1, 0.15) is 16.1 Å². The minimum absolute atomic E-state index is 0.127. The molecule has 0 saturated carbocycles. The lowest BCUT2D eigenvalue weighted by atomic mass is 10.1. The summed E-state index contributed by atoms with van der Waals surface area (Å²) in [5.41, 5.74) is 0.945. The average molecular weight is 264 g/mol. The van der Waals surface area contributed by atoms with Gasteiger partial charge in [0.25, 0.3) is 0 Å². The Morgan fingerprint density at radius 2 is 2.11 bits per heavy atom. The third-order valence-electron chi connectivity index (χ3n) is 2.84. The number of hydrogen-bond acceptors (Lipinski definition) is 3. The summed E-state index contributed by atoms with van der Waals surface area (Å²) in [6.07, 6.45) is 0. The Bertz CT molecular complexity index is 650. The monoisotopic (exact) mass is 264 g/mol. The lowest BCUT2D eigenvalue weighted by Crippen LogP contribution is -2.00. The zero-order valence-electron chi connectivity index (χ0n) is 10.8. The first-order valence-electron chi connectivity index (χ1n) is 5.56. The molecule has 0 atom stereocenters. The normalized spacial score (nSPS) is 10.5. The molecule has 2 aromatic rings. The number of aromatic nitrogens is 2. The zero-order valence-corrected chi connectivity index (χ0v) is 10.8. The number of aromatic carboxylic acids is 1. The largest absolute Gasteiger partial charge is 0.497 e. The van der Waals surface area contributed by atoms with Crippen molar-refractivity contribution < 1.29 is 19.0 Å². The molecule has 100 valence electrons. The molecule has 1 heterocycles. The lowest BCUT2D eigenvalue weighted by Gasteiger charge is -2.09. The van der Waals surface area contributed by atoms with Gasteiger partial charge in [-0.25, -0.2) is 9.18 Å². The molecular formula is C13H13FN2O3. The van der Waals surface area contributed by atoms with Gasteiger partial charge in [-0.1, -0.05) is 0 Å². The number of carboxylic acid groups (broad SMARTS) is 1. The molecule has 1 aromatic heterocycles. The number of methoxy groups -OCH3 is 1. The van der Waals surface area contributed by atoms with Crippen molar-refractivity contribution in [1.29, 1.82) is 0 Å². The molecule has 0 aliphatic carbocycles. The first kappa shape index (κ1) is 13.1. The van der Waals surface area contributed by atoms with Crippen molar-refractivity contribution >= 4 is 5.97 Å². The maximum Gasteiger partial charge on any atom is 0.356 e. The van der Waals surface area contributed by atoms with Gasteiger partial charge < -0.3 is 9.84 Å². The summed E-state index contributed by atoms with van der Waals surface area (Å²) in [5.74, 6) is -1.06. The van der Waals surface area contributed by atoms with Crippen molar-refractivity contribution in [3.05, 3.63) is 35.3 Å². The van der Waals surface area contributed by atoms with Crippen LogP contribution in [-0.2, 0) is 7.05 Å². The second-order valence-electron chi connectivity index (χ2n) is 4.15. The van der Waals surface area contributed by atoms with Crippen molar-refractivity contribution in [3.8, 4) is 17.0 Å². The van der Waals surface area contributed by atoms with E-state index in [9.17, 15) is 9.18 Å². The summed E-state index contributed by atoms with van der Waals surface area (Å²) in [7, 11) is 3.05. The fourth-order valence-corrected chi connectivity index (χ4v) is 1.86. The van der Waals surface area contributed by atoms with E-state index in [-0.39, 0.29) is 11.3 Å². The summed E-state index contributed by atoms with van der Waals surface area (Å²) >= 11 is 0. The molecule has 0 unspecified atom stereocenters. The second-order valence-corrected chi connectivity index (χ2v) is 4.15. The Balaban J connectivity index is 2.64. The van der Waals surface area contributed by atoms with Crippen LogP contribution in [0, 0.1) is 12.7 Å². The van der Waals surface area contributed by atoms with E-state index in [4.69, 9.17) is 9.84 Å². The standard InChI is InChI=1S/C13H13FN2O3/c1-7-4-8(19-3)5-9(12(7)14)11-6-10(13(17)18)15-16(11)2/h4-6H,1-3H3,(H,17,18). The van der Waals surface area contributed by atoms with Gasteiger partial charge in [-0.2, -0.15) is 5.10 Å². The van der Waals surface area contributed by atoms with Crippen LogP contribution in [-0.4, -0.2) is 28.0 Å². The van der Waals surface area contributed by atoms with E-state index in [0.717, 1.165) is 0 Å². The second kappa shape index (κ2) is 4.72.